The zero-order chi connectivity index (χ0) is 16.0. The first-order valence-electron chi connectivity index (χ1n) is 8.94. The minimum Gasteiger partial charge on any atom is -0.497 e. The van der Waals surface area contributed by atoms with E-state index in [1.807, 2.05) is 0 Å². The molecule has 3 nitrogen and oxygen atoms in total. The molecule has 0 aliphatic heterocycles. The van der Waals surface area contributed by atoms with E-state index in [0.717, 1.165) is 29.9 Å². The molecule has 3 aliphatic carbocycles. The molecule has 3 aliphatic rings. The lowest BCUT2D eigenvalue weighted by Gasteiger charge is -2.49. The number of rotatable bonds is 2. The van der Waals surface area contributed by atoms with E-state index >= 15 is 0 Å². The highest BCUT2D eigenvalue weighted by molar-refractivity contribution is 5.92. The Bertz CT molecular complexity index is 639. The Labute approximate surface area is 139 Å². The molecule has 0 saturated heterocycles. The van der Waals surface area contributed by atoms with Crippen molar-refractivity contribution in [3.63, 3.8) is 0 Å². The van der Waals surface area contributed by atoms with E-state index in [2.05, 4.69) is 30.3 Å². The topological polar surface area (TPSA) is 30.8 Å². The van der Waals surface area contributed by atoms with Crippen LogP contribution < -0.4 is 4.74 Å². The molecule has 0 bridgehead atoms. The van der Waals surface area contributed by atoms with Crippen LogP contribution in [0.5, 0.6) is 5.75 Å². The third-order valence-corrected chi connectivity index (χ3v) is 6.88. The van der Waals surface area contributed by atoms with Gasteiger partial charge in [0.25, 0.3) is 0 Å². The highest BCUT2D eigenvalue weighted by atomic mass is 16.6. The van der Waals surface area contributed by atoms with Crippen molar-refractivity contribution in [3.05, 3.63) is 29.3 Å². The van der Waals surface area contributed by atoms with Crippen molar-refractivity contribution in [2.45, 2.75) is 51.4 Å². The third-order valence-electron chi connectivity index (χ3n) is 6.88. The van der Waals surface area contributed by atoms with Crippen LogP contribution in [0.25, 0.3) is 0 Å². The Morgan fingerprint density at radius 1 is 1.13 bits per heavy atom. The number of methoxy groups -OCH3 is 1. The van der Waals surface area contributed by atoms with Crippen LogP contribution in [-0.4, -0.2) is 19.9 Å². The van der Waals surface area contributed by atoms with Gasteiger partial charge >= 0.3 is 0 Å². The molecular formula is C20H27NO2. The van der Waals surface area contributed by atoms with Gasteiger partial charge in [-0.15, -0.1) is 0 Å². The first-order chi connectivity index (χ1) is 11.2. The van der Waals surface area contributed by atoms with Crippen LogP contribution in [0.3, 0.4) is 0 Å². The van der Waals surface area contributed by atoms with Crippen LogP contribution >= 0.6 is 0 Å². The van der Waals surface area contributed by atoms with Crippen molar-refractivity contribution in [1.29, 1.82) is 0 Å². The standard InChI is InChI=1S/C20H27NO2/c1-20-11-10-16-15-7-5-14(22-2)12-13(15)4-6-17(16)18(20)8-9-19(20)21-23-3/h5,7,12,16-18H,4,6,8-11H2,1-3H3/b21-19+/t16?,17?,18?,20-/m0/s1. The lowest BCUT2D eigenvalue weighted by Crippen LogP contribution is -2.42. The molecule has 0 aromatic heterocycles. The van der Waals surface area contributed by atoms with E-state index in [-0.39, 0.29) is 5.41 Å². The number of hydrogen-bond donors (Lipinski definition) is 0. The lowest BCUT2D eigenvalue weighted by atomic mass is 9.55. The summed E-state index contributed by atoms with van der Waals surface area (Å²) in [6.07, 6.45) is 7.42. The Morgan fingerprint density at radius 3 is 2.78 bits per heavy atom. The molecule has 0 radical (unpaired) electrons. The fourth-order valence-electron chi connectivity index (χ4n) is 5.73. The van der Waals surface area contributed by atoms with E-state index in [9.17, 15) is 0 Å². The Morgan fingerprint density at radius 2 is 2.00 bits per heavy atom. The Hall–Kier alpha value is -1.51. The smallest absolute Gasteiger partial charge is 0.119 e. The number of aryl methyl sites for hydroxylation is 1. The second-order valence-electron chi connectivity index (χ2n) is 7.70. The number of benzene rings is 1. The SMILES string of the molecule is CO/N=C1\CCC2C3CCc4cc(OC)ccc4C3CC[C@]12C. The molecule has 0 N–H and O–H groups in total. The molecule has 3 heteroatoms. The maximum Gasteiger partial charge on any atom is 0.119 e. The summed E-state index contributed by atoms with van der Waals surface area (Å²) in [5, 5.41) is 4.38. The summed E-state index contributed by atoms with van der Waals surface area (Å²) in [4.78, 5) is 5.13. The van der Waals surface area contributed by atoms with Crippen LogP contribution in [0, 0.1) is 17.3 Å². The third kappa shape index (κ3) is 2.20. The number of fused-ring (bicyclic) bond motifs is 5. The Kier molecular flexibility index (Phi) is 3.62. The van der Waals surface area contributed by atoms with Crippen molar-refractivity contribution >= 4 is 5.71 Å². The van der Waals surface area contributed by atoms with Gasteiger partial charge in [0.05, 0.1) is 12.8 Å². The van der Waals surface area contributed by atoms with Gasteiger partial charge in [-0.3, -0.25) is 0 Å². The maximum atomic E-state index is 5.41. The van der Waals surface area contributed by atoms with Gasteiger partial charge in [0.1, 0.15) is 12.9 Å². The maximum absolute atomic E-state index is 5.41. The molecule has 0 spiro atoms. The van der Waals surface area contributed by atoms with Crippen LogP contribution in [0.1, 0.15) is 56.1 Å². The molecule has 4 atom stereocenters. The number of ether oxygens (including phenoxy) is 1. The zero-order valence-corrected chi connectivity index (χ0v) is 14.5. The van der Waals surface area contributed by atoms with Gasteiger partial charge in [-0.1, -0.05) is 18.1 Å². The zero-order valence-electron chi connectivity index (χ0n) is 14.5. The first-order valence-corrected chi connectivity index (χ1v) is 8.94. The van der Waals surface area contributed by atoms with E-state index in [4.69, 9.17) is 9.57 Å². The first kappa shape index (κ1) is 15.0. The van der Waals surface area contributed by atoms with Gasteiger partial charge in [0.15, 0.2) is 0 Å². The number of oxime groups is 1. The van der Waals surface area contributed by atoms with Crippen LogP contribution in [0.2, 0.25) is 0 Å². The van der Waals surface area contributed by atoms with Crippen molar-refractivity contribution < 1.29 is 9.57 Å². The van der Waals surface area contributed by atoms with Crippen LogP contribution in [0.4, 0.5) is 0 Å². The highest BCUT2D eigenvalue weighted by Crippen LogP contribution is 2.59. The minimum atomic E-state index is 0.265. The van der Waals surface area contributed by atoms with Crippen molar-refractivity contribution in [1.82, 2.24) is 0 Å². The quantitative estimate of drug-likeness (QED) is 0.750. The fraction of sp³-hybridized carbons (Fsp3) is 0.650. The largest absolute Gasteiger partial charge is 0.497 e. The molecule has 23 heavy (non-hydrogen) atoms. The summed E-state index contributed by atoms with van der Waals surface area (Å²) >= 11 is 0. The molecule has 3 unspecified atom stereocenters. The monoisotopic (exact) mass is 313 g/mol. The van der Waals surface area contributed by atoms with Gasteiger partial charge in [0, 0.05) is 5.41 Å². The van der Waals surface area contributed by atoms with Crippen LogP contribution in [0.15, 0.2) is 23.4 Å². The van der Waals surface area contributed by atoms with Crippen molar-refractivity contribution in [2.24, 2.45) is 22.4 Å². The summed E-state index contributed by atoms with van der Waals surface area (Å²) in [5.41, 5.74) is 4.67. The molecular weight excluding hydrogens is 286 g/mol. The van der Waals surface area contributed by atoms with E-state index < -0.39 is 0 Å². The predicted molar refractivity (Wildman–Crippen MR) is 92.1 cm³/mol. The second-order valence-corrected chi connectivity index (χ2v) is 7.70. The fourth-order valence-corrected chi connectivity index (χ4v) is 5.73. The lowest BCUT2D eigenvalue weighted by molar-refractivity contribution is 0.0924. The predicted octanol–water partition coefficient (Wildman–Crippen LogP) is 4.55. The molecule has 0 amide bonds. The average Bonchev–Trinajstić information content (AvgIpc) is 2.91. The number of hydrogen-bond acceptors (Lipinski definition) is 3. The van der Waals surface area contributed by atoms with Crippen molar-refractivity contribution in [3.8, 4) is 5.75 Å². The minimum absolute atomic E-state index is 0.265. The molecule has 2 fully saturated rings. The van der Waals surface area contributed by atoms with E-state index in [1.165, 1.54) is 43.4 Å². The second kappa shape index (κ2) is 5.54. The molecule has 1 aromatic rings. The summed E-state index contributed by atoms with van der Waals surface area (Å²) in [5.74, 6) is 3.30. The van der Waals surface area contributed by atoms with Gasteiger partial charge in [-0.2, -0.15) is 0 Å². The van der Waals surface area contributed by atoms with Gasteiger partial charge < -0.3 is 9.57 Å². The number of nitrogens with zero attached hydrogens (tertiary/aromatic N) is 1. The van der Waals surface area contributed by atoms with Crippen LogP contribution in [-0.2, 0) is 11.3 Å². The van der Waals surface area contributed by atoms with Gasteiger partial charge in [0.2, 0.25) is 0 Å². The summed E-state index contributed by atoms with van der Waals surface area (Å²) in [6.45, 7) is 2.43. The molecule has 1 aromatic carbocycles. The summed E-state index contributed by atoms with van der Waals surface area (Å²) in [7, 11) is 3.44. The summed E-state index contributed by atoms with van der Waals surface area (Å²) < 4.78 is 5.41. The molecule has 124 valence electrons. The molecule has 2 saturated carbocycles. The highest BCUT2D eigenvalue weighted by Gasteiger charge is 2.53. The van der Waals surface area contributed by atoms with E-state index in [1.54, 1.807) is 19.8 Å². The van der Waals surface area contributed by atoms with Crippen molar-refractivity contribution in [2.75, 3.05) is 14.2 Å². The Balaban J connectivity index is 1.66. The average molecular weight is 313 g/mol. The molecule has 0 heterocycles. The van der Waals surface area contributed by atoms with Gasteiger partial charge in [-0.05, 0) is 79.5 Å². The molecule has 4 rings (SSSR count). The van der Waals surface area contributed by atoms with Gasteiger partial charge in [-0.25, -0.2) is 0 Å². The van der Waals surface area contributed by atoms with E-state index in [0.29, 0.717) is 0 Å². The summed E-state index contributed by atoms with van der Waals surface area (Å²) in [6, 6.07) is 6.72. The normalized spacial score (nSPS) is 37.0.